The van der Waals surface area contributed by atoms with Gasteiger partial charge in [0, 0.05) is 20.4 Å². The molecular weight excluding hydrogens is 466 g/mol. The highest BCUT2D eigenvalue weighted by molar-refractivity contribution is 5.90. The molecule has 7 nitrogen and oxygen atoms in total. The molecule has 2 N–H and O–H groups in total. The van der Waals surface area contributed by atoms with Crippen molar-refractivity contribution < 1.29 is 19.1 Å². The van der Waals surface area contributed by atoms with E-state index in [-0.39, 0.29) is 18.4 Å². The summed E-state index contributed by atoms with van der Waals surface area (Å²) in [5.41, 5.74) is 1.11. The van der Waals surface area contributed by atoms with Crippen LogP contribution in [0.15, 0.2) is 72.8 Å². The molecule has 0 aromatic heterocycles. The first-order valence-electron chi connectivity index (χ1n) is 12.5. The van der Waals surface area contributed by atoms with E-state index in [1.807, 2.05) is 48.5 Å². The topological polar surface area (TPSA) is 87.7 Å². The van der Waals surface area contributed by atoms with Crippen LogP contribution in [0.2, 0.25) is 0 Å². The lowest BCUT2D eigenvalue weighted by molar-refractivity contribution is -0.154. The lowest BCUT2D eigenvalue weighted by Crippen LogP contribution is -2.55. The van der Waals surface area contributed by atoms with Gasteiger partial charge in [-0.3, -0.25) is 14.4 Å². The van der Waals surface area contributed by atoms with Crippen LogP contribution in [0.1, 0.15) is 31.9 Å². The molecule has 0 radical (unpaired) electrons. The van der Waals surface area contributed by atoms with Crippen molar-refractivity contribution in [3.63, 3.8) is 0 Å². The van der Waals surface area contributed by atoms with Crippen LogP contribution in [0.5, 0.6) is 0 Å². The number of nitrogens with one attached hydrogen (secondary N) is 2. The van der Waals surface area contributed by atoms with Gasteiger partial charge in [-0.15, -0.1) is 0 Å². The lowest BCUT2D eigenvalue weighted by atomic mass is 9.99. The Labute approximate surface area is 219 Å². The van der Waals surface area contributed by atoms with Crippen molar-refractivity contribution in [2.24, 2.45) is 0 Å². The van der Waals surface area contributed by atoms with Crippen molar-refractivity contribution in [1.29, 1.82) is 0 Å². The molecule has 196 valence electrons. The average molecular weight is 504 g/mol. The van der Waals surface area contributed by atoms with Crippen molar-refractivity contribution in [3.05, 3.63) is 83.9 Å². The van der Waals surface area contributed by atoms with E-state index in [4.69, 9.17) is 4.74 Å². The van der Waals surface area contributed by atoms with Gasteiger partial charge in [0.25, 0.3) is 0 Å². The van der Waals surface area contributed by atoms with Crippen molar-refractivity contribution in [1.82, 2.24) is 15.5 Å². The Morgan fingerprint density at radius 1 is 0.892 bits per heavy atom. The molecule has 2 amide bonds. The molecule has 0 aliphatic carbocycles. The molecule has 0 fully saturated rings. The van der Waals surface area contributed by atoms with Crippen molar-refractivity contribution in [3.8, 4) is 0 Å². The number of benzene rings is 3. The average Bonchev–Trinajstić information content (AvgIpc) is 2.88. The molecule has 0 aliphatic rings. The highest BCUT2D eigenvalue weighted by Crippen LogP contribution is 2.18. The van der Waals surface area contributed by atoms with Gasteiger partial charge < -0.3 is 20.3 Å². The maximum absolute atomic E-state index is 13.6. The van der Waals surface area contributed by atoms with Crippen LogP contribution in [0.25, 0.3) is 10.8 Å². The summed E-state index contributed by atoms with van der Waals surface area (Å²) in [6.45, 7) is 4.93. The lowest BCUT2D eigenvalue weighted by Gasteiger charge is -2.32. The smallest absolute Gasteiger partial charge is 0.303 e. The number of fused-ring (bicyclic) bond motifs is 1. The predicted octanol–water partition coefficient (Wildman–Crippen LogP) is 3.50. The standard InChI is InChI=1S/C30H37N3O4/c1-21(34)37-30(2,3)20-32-28(35)27(19-22-11-7-6-8-12-22)33(5)29(36)26(31-4)18-23-15-16-24-13-9-10-14-25(24)17-23/h6-17,26-27,31H,18-20H2,1-5H3,(H,32,35). The molecule has 0 bridgehead atoms. The van der Waals surface area contributed by atoms with Gasteiger partial charge in [0.1, 0.15) is 11.6 Å². The van der Waals surface area contributed by atoms with E-state index in [2.05, 4.69) is 34.9 Å². The van der Waals surface area contributed by atoms with Crippen molar-refractivity contribution in [2.45, 2.75) is 51.3 Å². The fourth-order valence-corrected chi connectivity index (χ4v) is 4.40. The van der Waals surface area contributed by atoms with E-state index in [0.29, 0.717) is 12.8 Å². The minimum absolute atomic E-state index is 0.130. The van der Waals surface area contributed by atoms with Gasteiger partial charge in [-0.1, -0.05) is 72.8 Å². The van der Waals surface area contributed by atoms with Crippen LogP contribution in [-0.2, 0) is 32.0 Å². The number of rotatable bonds is 11. The Kier molecular flexibility index (Phi) is 9.42. The molecule has 0 aliphatic heterocycles. The van der Waals surface area contributed by atoms with Gasteiger partial charge in [-0.05, 0) is 49.2 Å². The Balaban J connectivity index is 1.78. The summed E-state index contributed by atoms with van der Waals surface area (Å²) in [5.74, 6) is -0.899. The molecule has 2 atom stereocenters. The van der Waals surface area contributed by atoms with Gasteiger partial charge in [-0.2, -0.15) is 0 Å². The summed E-state index contributed by atoms with van der Waals surface area (Å²) in [7, 11) is 3.42. The zero-order valence-electron chi connectivity index (χ0n) is 22.3. The van der Waals surface area contributed by atoms with Crippen LogP contribution in [0.3, 0.4) is 0 Å². The second kappa shape index (κ2) is 12.5. The number of likely N-dealkylation sites (N-methyl/N-ethyl adjacent to an activating group) is 2. The Morgan fingerprint density at radius 2 is 1.54 bits per heavy atom. The molecule has 2 unspecified atom stereocenters. The number of esters is 1. The van der Waals surface area contributed by atoms with Gasteiger partial charge in [0.05, 0.1) is 12.6 Å². The maximum atomic E-state index is 13.6. The number of amides is 2. The number of ether oxygens (including phenoxy) is 1. The molecular formula is C30H37N3O4. The third kappa shape index (κ3) is 7.89. The largest absolute Gasteiger partial charge is 0.458 e. The minimum Gasteiger partial charge on any atom is -0.458 e. The summed E-state index contributed by atoms with van der Waals surface area (Å²) in [6, 6.07) is 22.7. The van der Waals surface area contributed by atoms with Crippen molar-refractivity contribution >= 4 is 28.6 Å². The summed E-state index contributed by atoms with van der Waals surface area (Å²) < 4.78 is 5.30. The fourth-order valence-electron chi connectivity index (χ4n) is 4.40. The Morgan fingerprint density at radius 3 is 2.19 bits per heavy atom. The monoisotopic (exact) mass is 503 g/mol. The highest BCUT2D eigenvalue weighted by atomic mass is 16.6. The normalized spacial score (nSPS) is 13.0. The first-order valence-corrected chi connectivity index (χ1v) is 12.5. The van der Waals surface area contributed by atoms with Crippen molar-refractivity contribution in [2.75, 3.05) is 20.6 Å². The third-order valence-corrected chi connectivity index (χ3v) is 6.40. The first kappa shape index (κ1) is 27.9. The Bertz CT molecular complexity index is 1230. The molecule has 7 heteroatoms. The quantitative estimate of drug-likeness (QED) is 0.391. The number of carbonyl (C=O) groups excluding carboxylic acids is 3. The third-order valence-electron chi connectivity index (χ3n) is 6.40. The molecule has 0 saturated carbocycles. The number of carbonyl (C=O) groups is 3. The van der Waals surface area contributed by atoms with E-state index in [9.17, 15) is 14.4 Å². The van der Waals surface area contributed by atoms with E-state index in [1.54, 1.807) is 27.9 Å². The second-order valence-electron chi connectivity index (χ2n) is 9.95. The minimum atomic E-state index is -0.870. The van der Waals surface area contributed by atoms with E-state index >= 15 is 0 Å². The van der Waals surface area contributed by atoms with Gasteiger partial charge in [0.15, 0.2) is 0 Å². The number of nitrogens with zero attached hydrogens (tertiary/aromatic N) is 1. The van der Waals surface area contributed by atoms with Gasteiger partial charge >= 0.3 is 5.97 Å². The zero-order chi connectivity index (χ0) is 27.0. The molecule has 0 saturated heterocycles. The molecule has 3 aromatic rings. The SMILES string of the molecule is CNC(Cc1ccc2ccccc2c1)C(=O)N(C)C(Cc1ccccc1)C(=O)NCC(C)(C)OC(C)=O. The van der Waals surface area contributed by atoms with Crippen LogP contribution in [0, 0.1) is 0 Å². The summed E-state index contributed by atoms with van der Waals surface area (Å²) in [6.07, 6.45) is 0.846. The first-order chi connectivity index (χ1) is 17.6. The number of hydrogen-bond donors (Lipinski definition) is 2. The highest BCUT2D eigenvalue weighted by Gasteiger charge is 2.32. The summed E-state index contributed by atoms with van der Waals surface area (Å²) >= 11 is 0. The molecule has 3 aromatic carbocycles. The molecule has 0 heterocycles. The molecule has 0 spiro atoms. The Hall–Kier alpha value is -3.71. The van der Waals surface area contributed by atoms with Crippen LogP contribution in [-0.4, -0.2) is 61.0 Å². The molecule has 37 heavy (non-hydrogen) atoms. The second-order valence-corrected chi connectivity index (χ2v) is 9.95. The van der Waals surface area contributed by atoms with Gasteiger partial charge in [-0.25, -0.2) is 0 Å². The van der Waals surface area contributed by atoms with Crippen LogP contribution in [0.4, 0.5) is 0 Å². The zero-order valence-corrected chi connectivity index (χ0v) is 22.3. The summed E-state index contributed by atoms with van der Waals surface area (Å²) in [5, 5.41) is 8.28. The maximum Gasteiger partial charge on any atom is 0.303 e. The predicted molar refractivity (Wildman–Crippen MR) is 146 cm³/mol. The van der Waals surface area contributed by atoms with E-state index < -0.39 is 23.7 Å². The fraction of sp³-hybridized carbons (Fsp3) is 0.367. The number of hydrogen-bond acceptors (Lipinski definition) is 5. The van der Waals surface area contributed by atoms with Crippen LogP contribution >= 0.6 is 0 Å². The molecule has 3 rings (SSSR count). The van der Waals surface area contributed by atoms with E-state index in [0.717, 1.165) is 21.9 Å². The van der Waals surface area contributed by atoms with Crippen LogP contribution < -0.4 is 10.6 Å². The summed E-state index contributed by atoms with van der Waals surface area (Å²) in [4.78, 5) is 39.9. The van der Waals surface area contributed by atoms with Gasteiger partial charge in [0.2, 0.25) is 11.8 Å². The van der Waals surface area contributed by atoms with E-state index in [1.165, 1.54) is 11.8 Å².